The van der Waals surface area contributed by atoms with E-state index in [2.05, 4.69) is 10.2 Å². The molecule has 98 valence electrons. The zero-order valence-corrected chi connectivity index (χ0v) is 11.4. The molecule has 0 saturated carbocycles. The highest BCUT2D eigenvalue weighted by molar-refractivity contribution is 5.77. The number of hydrogen-bond donors (Lipinski definition) is 2. The molecule has 0 atom stereocenters. The summed E-state index contributed by atoms with van der Waals surface area (Å²) in [6.07, 6.45) is 0. The average Bonchev–Trinajstić information content (AvgIpc) is 2.27. The predicted octanol–water partition coefficient (Wildman–Crippen LogP) is 3.41. The van der Waals surface area contributed by atoms with Crippen molar-refractivity contribution < 1.29 is 0 Å². The molecule has 0 fully saturated rings. The first-order valence-electron chi connectivity index (χ1n) is 6.06. The highest BCUT2D eigenvalue weighted by atomic mass is 15.3. The van der Waals surface area contributed by atoms with Gasteiger partial charge in [-0.3, -0.25) is 5.41 Å². The molecule has 1 aromatic carbocycles. The first kappa shape index (κ1) is 14.2. The molecule has 0 saturated heterocycles. The Hall–Kier alpha value is -1.91. The lowest BCUT2D eigenvalue weighted by Gasteiger charge is -2.30. The number of nitrogen functional groups attached to an aromatic ring is 1. The van der Waals surface area contributed by atoms with Gasteiger partial charge < -0.3 is 10.6 Å². The van der Waals surface area contributed by atoms with Crippen LogP contribution in [0.5, 0.6) is 0 Å². The van der Waals surface area contributed by atoms with Crippen molar-refractivity contribution in [2.75, 3.05) is 5.73 Å². The van der Waals surface area contributed by atoms with Gasteiger partial charge in [0.05, 0.1) is 5.69 Å². The van der Waals surface area contributed by atoms with Crippen molar-refractivity contribution in [3.05, 3.63) is 24.3 Å². The summed E-state index contributed by atoms with van der Waals surface area (Å²) in [5.74, 6) is 0.178. The van der Waals surface area contributed by atoms with Crippen LogP contribution in [0.25, 0.3) is 0 Å². The number of nitrogens with zero attached hydrogens (tertiary/aromatic N) is 3. The first-order chi connectivity index (χ1) is 8.41. The van der Waals surface area contributed by atoms with Crippen LogP contribution in [0.1, 0.15) is 27.7 Å². The SMILES string of the molecule is CC(C)N(C(=N)N=Nc1ccc(N)cc1)C(C)C. The van der Waals surface area contributed by atoms with Gasteiger partial charge in [-0.15, -0.1) is 10.2 Å². The summed E-state index contributed by atoms with van der Waals surface area (Å²) in [5.41, 5.74) is 6.97. The highest BCUT2D eigenvalue weighted by Crippen LogP contribution is 2.15. The van der Waals surface area contributed by atoms with E-state index in [1.807, 2.05) is 32.6 Å². The van der Waals surface area contributed by atoms with Crippen molar-refractivity contribution in [2.24, 2.45) is 10.2 Å². The number of benzene rings is 1. The van der Waals surface area contributed by atoms with Crippen LogP contribution in [-0.2, 0) is 0 Å². The molecule has 0 aliphatic heterocycles. The van der Waals surface area contributed by atoms with Crippen molar-refractivity contribution in [1.29, 1.82) is 5.41 Å². The third kappa shape index (κ3) is 3.84. The molecule has 0 heterocycles. The summed E-state index contributed by atoms with van der Waals surface area (Å²) in [6, 6.07) is 7.54. The summed E-state index contributed by atoms with van der Waals surface area (Å²) >= 11 is 0. The summed E-state index contributed by atoms with van der Waals surface area (Å²) in [5, 5.41) is 15.9. The normalized spacial score (nSPS) is 11.4. The van der Waals surface area contributed by atoms with Crippen LogP contribution in [-0.4, -0.2) is 22.9 Å². The third-order valence-corrected chi connectivity index (χ3v) is 2.51. The van der Waals surface area contributed by atoms with E-state index in [1.165, 1.54) is 0 Å². The Kier molecular flexibility index (Phi) is 4.83. The molecular formula is C13H21N5. The number of rotatable bonds is 3. The minimum absolute atomic E-state index is 0.178. The maximum absolute atomic E-state index is 7.94. The average molecular weight is 247 g/mol. The Bertz CT molecular complexity index is 412. The summed E-state index contributed by atoms with van der Waals surface area (Å²) in [4.78, 5) is 1.90. The van der Waals surface area contributed by atoms with Gasteiger partial charge >= 0.3 is 0 Å². The second kappa shape index (κ2) is 6.14. The topological polar surface area (TPSA) is 77.8 Å². The summed E-state index contributed by atoms with van der Waals surface area (Å²) in [7, 11) is 0. The molecule has 18 heavy (non-hydrogen) atoms. The van der Waals surface area contributed by atoms with Crippen molar-refractivity contribution in [1.82, 2.24) is 4.90 Å². The molecule has 5 nitrogen and oxygen atoms in total. The fraction of sp³-hybridized carbons (Fsp3) is 0.462. The van der Waals surface area contributed by atoms with Crippen LogP contribution in [0, 0.1) is 5.41 Å². The Balaban J connectivity index is 2.77. The number of hydrogen-bond acceptors (Lipinski definition) is 3. The zero-order chi connectivity index (χ0) is 13.7. The fourth-order valence-corrected chi connectivity index (χ4v) is 1.78. The van der Waals surface area contributed by atoms with Gasteiger partial charge in [-0.2, -0.15) is 0 Å². The van der Waals surface area contributed by atoms with Crippen molar-refractivity contribution in [3.8, 4) is 0 Å². The quantitative estimate of drug-likeness (QED) is 0.371. The molecule has 0 bridgehead atoms. The van der Waals surface area contributed by atoms with Gasteiger partial charge in [-0.1, -0.05) is 0 Å². The number of guanidine groups is 1. The largest absolute Gasteiger partial charge is 0.399 e. The van der Waals surface area contributed by atoms with Gasteiger partial charge in [-0.25, -0.2) is 0 Å². The number of azo groups is 1. The van der Waals surface area contributed by atoms with E-state index in [-0.39, 0.29) is 18.0 Å². The van der Waals surface area contributed by atoms with Crippen molar-refractivity contribution in [2.45, 2.75) is 39.8 Å². The standard InChI is InChI=1S/C13H21N5/c1-9(2)18(10(3)4)13(15)17-16-12-7-5-11(14)6-8-12/h5-10,15H,14H2,1-4H3. The van der Waals surface area contributed by atoms with E-state index in [9.17, 15) is 0 Å². The Morgan fingerprint density at radius 1 is 1.11 bits per heavy atom. The number of anilines is 1. The van der Waals surface area contributed by atoms with E-state index in [0.29, 0.717) is 11.4 Å². The molecular weight excluding hydrogens is 226 g/mol. The van der Waals surface area contributed by atoms with Crippen LogP contribution >= 0.6 is 0 Å². The van der Waals surface area contributed by atoms with Gasteiger partial charge in [0, 0.05) is 17.8 Å². The predicted molar refractivity (Wildman–Crippen MR) is 75.2 cm³/mol. The summed E-state index contributed by atoms with van der Waals surface area (Å²) in [6.45, 7) is 8.14. The van der Waals surface area contributed by atoms with E-state index in [1.54, 1.807) is 24.3 Å². The second-order valence-corrected chi connectivity index (χ2v) is 4.71. The van der Waals surface area contributed by atoms with Gasteiger partial charge in [0.2, 0.25) is 5.96 Å². The van der Waals surface area contributed by atoms with Gasteiger partial charge in [0.15, 0.2) is 0 Å². The van der Waals surface area contributed by atoms with Gasteiger partial charge in [0.1, 0.15) is 0 Å². The van der Waals surface area contributed by atoms with Gasteiger partial charge in [0.25, 0.3) is 0 Å². The third-order valence-electron chi connectivity index (χ3n) is 2.51. The number of nitrogens with one attached hydrogen (secondary N) is 1. The van der Waals surface area contributed by atoms with E-state index >= 15 is 0 Å². The molecule has 0 aliphatic rings. The molecule has 5 heteroatoms. The Morgan fingerprint density at radius 2 is 1.61 bits per heavy atom. The van der Waals surface area contributed by atoms with Crippen LogP contribution < -0.4 is 5.73 Å². The molecule has 0 radical (unpaired) electrons. The second-order valence-electron chi connectivity index (χ2n) is 4.71. The molecule has 0 aliphatic carbocycles. The number of nitrogens with two attached hydrogens (primary N) is 1. The van der Waals surface area contributed by atoms with Crippen molar-refractivity contribution in [3.63, 3.8) is 0 Å². The van der Waals surface area contributed by atoms with E-state index in [0.717, 1.165) is 0 Å². The minimum Gasteiger partial charge on any atom is -0.399 e. The highest BCUT2D eigenvalue weighted by Gasteiger charge is 2.16. The lowest BCUT2D eigenvalue weighted by molar-refractivity contribution is 0.286. The lowest BCUT2D eigenvalue weighted by atomic mass is 10.2. The van der Waals surface area contributed by atoms with E-state index in [4.69, 9.17) is 11.1 Å². The molecule has 0 aromatic heterocycles. The monoisotopic (exact) mass is 247 g/mol. The van der Waals surface area contributed by atoms with Crippen LogP contribution in [0.2, 0.25) is 0 Å². The molecule has 1 aromatic rings. The molecule has 3 N–H and O–H groups in total. The molecule has 0 spiro atoms. The molecule has 0 amide bonds. The Labute approximate surface area is 108 Å². The smallest absolute Gasteiger partial charge is 0.238 e. The van der Waals surface area contributed by atoms with Crippen LogP contribution in [0.3, 0.4) is 0 Å². The summed E-state index contributed by atoms with van der Waals surface area (Å²) < 4.78 is 0. The maximum atomic E-state index is 7.94. The molecule has 1 rings (SSSR count). The molecule has 0 unspecified atom stereocenters. The van der Waals surface area contributed by atoms with Crippen molar-refractivity contribution >= 4 is 17.3 Å². The van der Waals surface area contributed by atoms with Gasteiger partial charge in [-0.05, 0) is 52.0 Å². The fourth-order valence-electron chi connectivity index (χ4n) is 1.78. The van der Waals surface area contributed by atoms with Crippen LogP contribution in [0.4, 0.5) is 11.4 Å². The lowest BCUT2D eigenvalue weighted by Crippen LogP contribution is -2.40. The zero-order valence-electron chi connectivity index (χ0n) is 11.4. The van der Waals surface area contributed by atoms with E-state index < -0.39 is 0 Å². The maximum Gasteiger partial charge on any atom is 0.238 e. The van der Waals surface area contributed by atoms with Crippen LogP contribution in [0.15, 0.2) is 34.5 Å². The minimum atomic E-state index is 0.178. The first-order valence-corrected chi connectivity index (χ1v) is 6.06. The Morgan fingerprint density at radius 3 is 2.06 bits per heavy atom.